The van der Waals surface area contributed by atoms with Gasteiger partial charge in [0.1, 0.15) is 0 Å². The Morgan fingerprint density at radius 3 is 2.23 bits per heavy atom. The lowest BCUT2D eigenvalue weighted by Gasteiger charge is -2.33. The van der Waals surface area contributed by atoms with E-state index in [9.17, 15) is 26.4 Å². The molecule has 0 radical (unpaired) electrons. The second kappa shape index (κ2) is 7.96. The van der Waals surface area contributed by atoms with Crippen LogP contribution in [0, 0.1) is 5.92 Å². The van der Waals surface area contributed by atoms with Crippen LogP contribution in [-0.2, 0) is 10.0 Å². The Morgan fingerprint density at radius 2 is 1.69 bits per heavy atom. The second-order valence-corrected chi connectivity index (χ2v) is 8.53. The Morgan fingerprint density at radius 1 is 1.12 bits per heavy atom. The van der Waals surface area contributed by atoms with E-state index >= 15 is 0 Å². The molecule has 0 spiro atoms. The molecular weight excluding hydrogens is 369 g/mol. The molecule has 5 nitrogen and oxygen atoms in total. The summed E-state index contributed by atoms with van der Waals surface area (Å²) in [6, 6.07) is 3.89. The lowest BCUT2D eigenvalue weighted by atomic mass is 9.84. The van der Waals surface area contributed by atoms with Crippen LogP contribution in [0.3, 0.4) is 0 Å². The van der Waals surface area contributed by atoms with Gasteiger partial charge >= 0.3 is 6.18 Å². The fraction of sp³-hybridized carbons (Fsp3) is 0.588. The highest BCUT2D eigenvalue weighted by atomic mass is 32.2. The zero-order valence-electron chi connectivity index (χ0n) is 14.6. The van der Waals surface area contributed by atoms with Crippen molar-refractivity contribution in [3.63, 3.8) is 0 Å². The number of carbonyl (C=O) groups excluding carboxylic acids is 1. The highest BCUT2D eigenvalue weighted by Crippen LogP contribution is 2.37. The monoisotopic (exact) mass is 392 g/mol. The van der Waals surface area contributed by atoms with Gasteiger partial charge in [-0.2, -0.15) is 13.2 Å². The predicted octanol–water partition coefficient (Wildman–Crippen LogP) is 3.22. The minimum absolute atomic E-state index is 0.00594. The van der Waals surface area contributed by atoms with Crippen molar-refractivity contribution < 1.29 is 26.4 Å². The molecular formula is C17H23F3N2O3S. The van der Waals surface area contributed by atoms with Gasteiger partial charge in [0.25, 0.3) is 5.91 Å². The van der Waals surface area contributed by atoms with Crippen LogP contribution in [0.15, 0.2) is 29.2 Å². The van der Waals surface area contributed by atoms with Crippen LogP contribution < -0.4 is 10.0 Å². The summed E-state index contributed by atoms with van der Waals surface area (Å²) >= 11 is 0. The average molecular weight is 392 g/mol. The Kier molecular flexibility index (Phi) is 6.33. The van der Waals surface area contributed by atoms with Crippen LogP contribution in [0.2, 0.25) is 0 Å². The molecule has 1 aromatic rings. The van der Waals surface area contributed by atoms with Gasteiger partial charge in [-0.1, -0.05) is 12.8 Å². The number of amides is 1. The minimum atomic E-state index is -4.35. The van der Waals surface area contributed by atoms with E-state index in [1.807, 2.05) is 0 Å². The molecule has 1 fully saturated rings. The zero-order valence-corrected chi connectivity index (χ0v) is 15.5. The lowest BCUT2D eigenvalue weighted by Crippen LogP contribution is -2.47. The summed E-state index contributed by atoms with van der Waals surface area (Å²) in [7, 11) is -3.69. The van der Waals surface area contributed by atoms with E-state index in [0.29, 0.717) is 12.8 Å². The van der Waals surface area contributed by atoms with Gasteiger partial charge in [0, 0.05) is 17.6 Å². The summed E-state index contributed by atoms with van der Waals surface area (Å²) in [6.07, 6.45) is -2.94. The van der Waals surface area contributed by atoms with Crippen molar-refractivity contribution in [2.45, 2.75) is 62.7 Å². The van der Waals surface area contributed by atoms with E-state index in [0.717, 1.165) is 0 Å². The molecule has 0 unspecified atom stereocenters. The predicted molar refractivity (Wildman–Crippen MR) is 91.2 cm³/mol. The number of hydrogen-bond acceptors (Lipinski definition) is 3. The third-order valence-electron chi connectivity index (χ3n) is 4.32. The van der Waals surface area contributed by atoms with Crippen molar-refractivity contribution in [3.8, 4) is 0 Å². The van der Waals surface area contributed by atoms with Crippen molar-refractivity contribution in [1.82, 2.24) is 10.0 Å². The molecule has 2 rings (SSSR count). The Bertz CT molecular complexity index is 731. The number of benzene rings is 1. The fourth-order valence-corrected chi connectivity index (χ4v) is 4.36. The molecule has 0 aromatic heterocycles. The average Bonchev–Trinajstić information content (AvgIpc) is 2.53. The Hall–Kier alpha value is -1.61. The molecule has 0 saturated heterocycles. The Balaban J connectivity index is 2.10. The highest BCUT2D eigenvalue weighted by molar-refractivity contribution is 7.89. The van der Waals surface area contributed by atoms with Gasteiger partial charge in [-0.25, -0.2) is 13.1 Å². The number of rotatable bonds is 5. The SMILES string of the molecule is CC(C)NS(=O)(=O)c1ccc(C(=O)N[C@H]2CCCC[C@@H]2C(F)(F)F)cc1. The van der Waals surface area contributed by atoms with E-state index in [2.05, 4.69) is 10.0 Å². The first-order valence-electron chi connectivity index (χ1n) is 8.50. The van der Waals surface area contributed by atoms with Crippen LogP contribution in [0.1, 0.15) is 49.9 Å². The van der Waals surface area contributed by atoms with Crippen molar-refractivity contribution in [2.75, 3.05) is 0 Å². The smallest absolute Gasteiger partial charge is 0.349 e. The van der Waals surface area contributed by atoms with Gasteiger partial charge in [-0.3, -0.25) is 4.79 Å². The van der Waals surface area contributed by atoms with E-state index in [4.69, 9.17) is 0 Å². The second-order valence-electron chi connectivity index (χ2n) is 6.81. The van der Waals surface area contributed by atoms with Crippen LogP contribution in [0.4, 0.5) is 13.2 Å². The van der Waals surface area contributed by atoms with Crippen molar-refractivity contribution in [2.24, 2.45) is 5.92 Å². The molecule has 26 heavy (non-hydrogen) atoms. The molecule has 0 aliphatic heterocycles. The maximum absolute atomic E-state index is 13.1. The van der Waals surface area contributed by atoms with Gasteiger partial charge < -0.3 is 5.32 Å². The molecule has 2 N–H and O–H groups in total. The van der Waals surface area contributed by atoms with Gasteiger partial charge in [0.15, 0.2) is 0 Å². The first-order chi connectivity index (χ1) is 12.0. The number of carbonyl (C=O) groups is 1. The van der Waals surface area contributed by atoms with Crippen LogP contribution in [-0.4, -0.2) is 32.6 Å². The minimum Gasteiger partial charge on any atom is -0.349 e. The summed E-state index contributed by atoms with van der Waals surface area (Å²) in [4.78, 5) is 12.3. The third-order valence-corrected chi connectivity index (χ3v) is 6.00. The van der Waals surface area contributed by atoms with E-state index in [1.54, 1.807) is 13.8 Å². The third kappa shape index (κ3) is 5.20. The van der Waals surface area contributed by atoms with Crippen LogP contribution in [0.25, 0.3) is 0 Å². The number of halogens is 3. The summed E-state index contributed by atoms with van der Waals surface area (Å²) in [5, 5.41) is 2.46. The number of sulfonamides is 1. The van der Waals surface area contributed by atoms with Crippen molar-refractivity contribution in [1.29, 1.82) is 0 Å². The fourth-order valence-electron chi connectivity index (χ4n) is 3.11. The topological polar surface area (TPSA) is 75.3 Å². The van der Waals surface area contributed by atoms with E-state index in [1.165, 1.54) is 24.3 Å². The molecule has 1 aromatic carbocycles. The van der Waals surface area contributed by atoms with Crippen LogP contribution in [0.5, 0.6) is 0 Å². The first-order valence-corrected chi connectivity index (χ1v) is 9.99. The van der Waals surface area contributed by atoms with E-state index in [-0.39, 0.29) is 29.3 Å². The Labute approximate surface area is 151 Å². The molecule has 146 valence electrons. The summed E-state index contributed by atoms with van der Waals surface area (Å²) in [6.45, 7) is 3.36. The lowest BCUT2D eigenvalue weighted by molar-refractivity contribution is -0.187. The molecule has 1 aliphatic carbocycles. The zero-order chi connectivity index (χ0) is 19.5. The molecule has 9 heteroatoms. The van der Waals surface area contributed by atoms with Gasteiger partial charge in [0.2, 0.25) is 10.0 Å². The summed E-state index contributed by atoms with van der Waals surface area (Å²) in [5.74, 6) is -2.18. The molecule has 1 amide bonds. The number of nitrogens with one attached hydrogen (secondary N) is 2. The number of alkyl halides is 3. The van der Waals surface area contributed by atoms with E-state index < -0.39 is 34.1 Å². The summed E-state index contributed by atoms with van der Waals surface area (Å²) in [5.41, 5.74) is 0.125. The van der Waals surface area contributed by atoms with Gasteiger partial charge in [-0.05, 0) is 51.0 Å². The molecule has 0 bridgehead atoms. The van der Waals surface area contributed by atoms with Gasteiger partial charge in [0.05, 0.1) is 10.8 Å². The highest BCUT2D eigenvalue weighted by Gasteiger charge is 2.46. The molecule has 1 saturated carbocycles. The van der Waals surface area contributed by atoms with Crippen LogP contribution >= 0.6 is 0 Å². The van der Waals surface area contributed by atoms with Crippen molar-refractivity contribution in [3.05, 3.63) is 29.8 Å². The molecule has 1 aliphatic rings. The van der Waals surface area contributed by atoms with Gasteiger partial charge in [-0.15, -0.1) is 0 Å². The largest absolute Gasteiger partial charge is 0.393 e. The summed E-state index contributed by atoms with van der Waals surface area (Å²) < 4.78 is 65.9. The normalized spacial score (nSPS) is 21.6. The van der Waals surface area contributed by atoms with Crippen molar-refractivity contribution >= 4 is 15.9 Å². The molecule has 0 heterocycles. The number of hydrogen-bond donors (Lipinski definition) is 2. The maximum Gasteiger partial charge on any atom is 0.393 e. The first kappa shape index (κ1) is 20.7. The molecule has 2 atom stereocenters. The quantitative estimate of drug-likeness (QED) is 0.808. The standard InChI is InChI=1S/C17H23F3N2O3S/c1-11(2)22-26(24,25)13-9-7-12(8-10-13)16(23)21-15-6-4-3-5-14(15)17(18,19)20/h7-11,14-15,22H,3-6H2,1-2H3,(H,21,23)/t14-,15-/m0/s1. The maximum atomic E-state index is 13.1.